The van der Waals surface area contributed by atoms with Crippen LogP contribution in [0.5, 0.6) is 5.95 Å². The van der Waals surface area contributed by atoms with Crippen LogP contribution in [0.25, 0.3) is 0 Å². The Morgan fingerprint density at radius 1 is 1.14 bits per heavy atom. The molecule has 5 atom stereocenters. The molecule has 2 saturated carbocycles. The summed E-state index contributed by atoms with van der Waals surface area (Å²) < 4.78 is 18.7. The maximum Gasteiger partial charge on any atom is 0.291 e. The zero-order valence-corrected chi connectivity index (χ0v) is 25.8. The second-order valence-corrected chi connectivity index (χ2v) is 17.0. The van der Waals surface area contributed by atoms with E-state index in [2.05, 4.69) is 41.2 Å². The van der Waals surface area contributed by atoms with E-state index >= 15 is 0 Å². The minimum atomic E-state index is -1.79. The van der Waals surface area contributed by atoms with Gasteiger partial charge in [-0.1, -0.05) is 46.8 Å². The van der Waals surface area contributed by atoms with E-state index in [1.54, 1.807) is 7.11 Å². The van der Waals surface area contributed by atoms with Gasteiger partial charge in [-0.3, -0.25) is 4.79 Å². The molecule has 0 saturated heterocycles. The number of hydrogen-bond donors (Lipinski definition) is 1. The lowest BCUT2D eigenvalue weighted by Gasteiger charge is -2.62. The van der Waals surface area contributed by atoms with Crippen LogP contribution in [0.2, 0.25) is 18.1 Å². The molecule has 1 aromatic rings. The fraction of sp³-hybridized carbons (Fsp3) is 0.774. The zero-order valence-electron chi connectivity index (χ0n) is 24.8. The van der Waals surface area contributed by atoms with Gasteiger partial charge in [-0.05, 0) is 99.6 Å². The lowest BCUT2D eigenvalue weighted by Crippen LogP contribution is -2.59. The first-order valence-corrected chi connectivity index (χ1v) is 17.1. The Hall–Kier alpha value is -1.37. The second-order valence-electron chi connectivity index (χ2n) is 12.3. The molecule has 0 amide bonds. The average Bonchev–Trinajstić information content (AvgIpc) is 2.89. The highest BCUT2D eigenvalue weighted by molar-refractivity contribution is 6.73. The van der Waals surface area contributed by atoms with E-state index in [0.29, 0.717) is 35.2 Å². The molecule has 0 aliphatic heterocycles. The Bertz CT molecular complexity index is 1000. The lowest BCUT2D eigenvalue weighted by atomic mass is 9.45. The van der Waals surface area contributed by atoms with Crippen molar-refractivity contribution in [2.24, 2.45) is 22.7 Å². The van der Waals surface area contributed by atoms with E-state index in [9.17, 15) is 9.90 Å². The van der Waals surface area contributed by atoms with Gasteiger partial charge < -0.3 is 18.7 Å². The lowest BCUT2D eigenvalue weighted by molar-refractivity contribution is -0.132. The van der Waals surface area contributed by atoms with E-state index in [1.165, 1.54) is 5.57 Å². The van der Waals surface area contributed by atoms with Gasteiger partial charge in [0.1, 0.15) is 5.76 Å². The summed E-state index contributed by atoms with van der Waals surface area (Å²) in [5.41, 5.74) is 2.53. The summed E-state index contributed by atoms with van der Waals surface area (Å²) >= 11 is 0. The van der Waals surface area contributed by atoms with E-state index in [0.717, 1.165) is 56.7 Å². The van der Waals surface area contributed by atoms with Crippen molar-refractivity contribution in [3.05, 3.63) is 39.3 Å². The van der Waals surface area contributed by atoms with Gasteiger partial charge in [-0.2, -0.15) is 0 Å². The van der Waals surface area contributed by atoms with E-state index < -0.39 is 8.32 Å². The Kier molecular flexibility index (Phi) is 9.61. The van der Waals surface area contributed by atoms with Gasteiger partial charge in [0, 0.05) is 12.2 Å². The van der Waals surface area contributed by atoms with Crippen molar-refractivity contribution in [1.29, 1.82) is 0 Å². The van der Waals surface area contributed by atoms with Crippen LogP contribution in [0.1, 0.15) is 90.0 Å². The molecule has 2 aliphatic rings. The Morgan fingerprint density at radius 2 is 1.78 bits per heavy atom. The van der Waals surface area contributed by atoms with Crippen molar-refractivity contribution in [1.82, 2.24) is 0 Å². The number of aliphatic hydroxyl groups excluding tert-OH is 1. The van der Waals surface area contributed by atoms with Crippen LogP contribution in [0.4, 0.5) is 0 Å². The number of hydrogen-bond acceptors (Lipinski definition) is 5. The number of aliphatic hydroxyl groups is 1. The van der Waals surface area contributed by atoms with Crippen molar-refractivity contribution in [3.8, 4) is 5.95 Å². The van der Waals surface area contributed by atoms with Gasteiger partial charge >= 0.3 is 0 Å². The van der Waals surface area contributed by atoms with Gasteiger partial charge in [0.2, 0.25) is 0 Å². The molecule has 210 valence electrons. The van der Waals surface area contributed by atoms with Crippen LogP contribution < -0.4 is 10.2 Å². The molecule has 1 N–H and O–H groups in total. The summed E-state index contributed by atoms with van der Waals surface area (Å²) in [6.45, 7) is 20.2. The number of rotatable bonds is 11. The third-order valence-corrected chi connectivity index (χ3v) is 15.4. The quantitative estimate of drug-likeness (QED) is 0.238. The highest BCUT2D eigenvalue weighted by atomic mass is 28.4. The Morgan fingerprint density at radius 3 is 2.35 bits per heavy atom. The highest BCUT2D eigenvalue weighted by Crippen LogP contribution is 2.63. The summed E-state index contributed by atoms with van der Waals surface area (Å²) in [6, 6.07) is 3.45. The third-order valence-electron chi connectivity index (χ3n) is 10.7. The minimum Gasteiger partial charge on any atom is -0.468 e. The Labute approximate surface area is 226 Å². The molecule has 3 rings (SSSR count). The van der Waals surface area contributed by atoms with Gasteiger partial charge in [0.05, 0.1) is 18.8 Å². The zero-order chi connectivity index (χ0) is 27.6. The van der Waals surface area contributed by atoms with Crippen molar-refractivity contribution in [2.75, 3.05) is 13.7 Å². The van der Waals surface area contributed by atoms with Crippen LogP contribution in [0.3, 0.4) is 0 Å². The van der Waals surface area contributed by atoms with Crippen molar-refractivity contribution in [2.45, 2.75) is 118 Å². The van der Waals surface area contributed by atoms with Crippen LogP contribution in [0.15, 0.2) is 21.4 Å². The molecule has 1 heterocycles. The first-order valence-electron chi connectivity index (χ1n) is 14.6. The molecule has 2 aliphatic carbocycles. The molecular weight excluding hydrogens is 480 g/mol. The summed E-state index contributed by atoms with van der Waals surface area (Å²) in [7, 11) is -0.207. The molecule has 0 spiro atoms. The molecule has 37 heavy (non-hydrogen) atoms. The second kappa shape index (κ2) is 11.8. The Balaban J connectivity index is 2.05. The first kappa shape index (κ1) is 30.2. The number of allylic oxidation sites excluding steroid dienone is 1. The van der Waals surface area contributed by atoms with Crippen LogP contribution in [-0.2, 0) is 10.8 Å². The number of aryl methyl sites for hydroxylation is 1. The van der Waals surface area contributed by atoms with Gasteiger partial charge in [0.15, 0.2) is 13.7 Å². The predicted octanol–water partition coefficient (Wildman–Crippen LogP) is 7.36. The third kappa shape index (κ3) is 5.40. The van der Waals surface area contributed by atoms with Crippen molar-refractivity contribution < 1.29 is 18.7 Å². The fourth-order valence-electron chi connectivity index (χ4n) is 7.94. The van der Waals surface area contributed by atoms with E-state index in [1.807, 2.05) is 13.8 Å². The molecule has 0 bridgehead atoms. The van der Waals surface area contributed by atoms with Crippen LogP contribution >= 0.6 is 0 Å². The fourth-order valence-corrected chi connectivity index (χ4v) is 10.9. The SMILES string of the molecule is C=C1CC[C@H]2[C@](C)(CCCO)[C@H](O[Si](CC)(CC)CC)CC[C@@]2(C)[C@@H]1Cc1c(OC)oc(C)c(C)c1=O. The van der Waals surface area contributed by atoms with Gasteiger partial charge in [0.25, 0.3) is 5.95 Å². The molecule has 0 radical (unpaired) electrons. The predicted molar refractivity (Wildman–Crippen MR) is 154 cm³/mol. The number of fused-ring (bicyclic) bond motifs is 1. The standard InChI is InChI=1S/C31H52O5Si/c1-10-37(11-2,12-3)36-27-16-18-30(7)25(20-24-28(33)22(5)23(6)35-29(24)34-9)21(4)14-15-26(30)31(27,8)17-13-19-32/h25-27,32H,4,10-20H2,1-3,5-9H3/t25-,26-,27-,30+,31+/m1/s1. The molecule has 2 fully saturated rings. The van der Waals surface area contributed by atoms with Crippen LogP contribution in [-0.4, -0.2) is 33.2 Å². The summed E-state index contributed by atoms with van der Waals surface area (Å²) in [5, 5.41) is 9.85. The van der Waals surface area contributed by atoms with E-state index in [-0.39, 0.29) is 34.9 Å². The summed E-state index contributed by atoms with van der Waals surface area (Å²) in [5.74, 6) is 1.56. The normalized spacial score (nSPS) is 30.3. The van der Waals surface area contributed by atoms with E-state index in [4.69, 9.17) is 13.6 Å². The number of methoxy groups -OCH3 is 1. The smallest absolute Gasteiger partial charge is 0.291 e. The highest BCUT2D eigenvalue weighted by Gasteiger charge is 2.59. The van der Waals surface area contributed by atoms with Gasteiger partial charge in [-0.15, -0.1) is 0 Å². The summed E-state index contributed by atoms with van der Waals surface area (Å²) in [6.07, 6.45) is 6.70. The van der Waals surface area contributed by atoms with Crippen LogP contribution in [0, 0.1) is 36.5 Å². The van der Waals surface area contributed by atoms with Gasteiger partial charge in [-0.25, -0.2) is 0 Å². The maximum absolute atomic E-state index is 13.4. The van der Waals surface area contributed by atoms with Crippen molar-refractivity contribution in [3.63, 3.8) is 0 Å². The molecule has 0 aromatic carbocycles. The molecule has 6 heteroatoms. The molecular formula is C31H52O5Si. The maximum atomic E-state index is 13.4. The molecule has 1 aromatic heterocycles. The summed E-state index contributed by atoms with van der Waals surface area (Å²) in [4.78, 5) is 13.4. The molecule has 0 unspecified atom stereocenters. The minimum absolute atomic E-state index is 0.00942. The first-order chi connectivity index (χ1) is 17.5. The topological polar surface area (TPSA) is 68.9 Å². The monoisotopic (exact) mass is 532 g/mol. The number of ether oxygens (including phenoxy) is 1. The largest absolute Gasteiger partial charge is 0.468 e. The average molecular weight is 533 g/mol. The van der Waals surface area contributed by atoms with Crippen molar-refractivity contribution >= 4 is 8.32 Å². The molecule has 5 nitrogen and oxygen atoms in total.